The Hall–Kier alpha value is -2.76. The van der Waals surface area contributed by atoms with E-state index in [2.05, 4.69) is 5.32 Å². The van der Waals surface area contributed by atoms with Crippen molar-refractivity contribution in [1.29, 1.82) is 0 Å². The summed E-state index contributed by atoms with van der Waals surface area (Å²) in [5, 5.41) is 2.74. The second-order valence-corrected chi connectivity index (χ2v) is 5.40. The monoisotopic (exact) mass is 330 g/mol. The van der Waals surface area contributed by atoms with E-state index in [4.69, 9.17) is 9.15 Å². The molecule has 0 spiro atoms. The lowest BCUT2D eigenvalue weighted by Crippen LogP contribution is -2.31. The number of benzene rings is 1. The molecule has 1 aromatic carbocycles. The Morgan fingerprint density at radius 3 is 2.71 bits per heavy atom. The van der Waals surface area contributed by atoms with E-state index in [9.17, 15) is 9.59 Å². The van der Waals surface area contributed by atoms with Gasteiger partial charge in [-0.15, -0.1) is 0 Å². The number of carbonyl (C=O) groups excluding carboxylic acids is 2. The molecule has 24 heavy (non-hydrogen) atoms. The lowest BCUT2D eigenvalue weighted by molar-refractivity contribution is 0.0501. The predicted octanol–water partition coefficient (Wildman–Crippen LogP) is 3.90. The number of anilines is 1. The molecule has 2 rings (SSSR count). The summed E-state index contributed by atoms with van der Waals surface area (Å²) in [6.07, 6.45) is 3.32. The molecule has 0 aliphatic carbocycles. The SMILES string of the molecule is CCCCOC(=O)c1ccccc1NC(=O)N(C)Cc1ccco1. The number of furan rings is 1. The molecule has 6 heteroatoms. The van der Waals surface area contributed by atoms with Gasteiger partial charge in [-0.3, -0.25) is 0 Å². The van der Waals surface area contributed by atoms with E-state index in [0.29, 0.717) is 30.2 Å². The van der Waals surface area contributed by atoms with Crippen LogP contribution in [0.25, 0.3) is 0 Å². The van der Waals surface area contributed by atoms with Crippen molar-refractivity contribution in [3.8, 4) is 0 Å². The number of para-hydroxylation sites is 1. The molecule has 2 aromatic rings. The highest BCUT2D eigenvalue weighted by Gasteiger charge is 2.16. The summed E-state index contributed by atoms with van der Waals surface area (Å²) >= 11 is 0. The number of urea groups is 1. The summed E-state index contributed by atoms with van der Waals surface area (Å²) in [4.78, 5) is 25.9. The van der Waals surface area contributed by atoms with Crippen LogP contribution in [0.3, 0.4) is 0 Å². The van der Waals surface area contributed by atoms with Gasteiger partial charge in [0.2, 0.25) is 0 Å². The smallest absolute Gasteiger partial charge is 0.340 e. The van der Waals surface area contributed by atoms with E-state index < -0.39 is 5.97 Å². The first kappa shape index (κ1) is 17.6. The van der Waals surface area contributed by atoms with Crippen molar-refractivity contribution in [3.63, 3.8) is 0 Å². The average molecular weight is 330 g/mol. The number of nitrogens with zero attached hydrogens (tertiary/aromatic N) is 1. The maximum absolute atomic E-state index is 12.3. The number of unbranched alkanes of at least 4 members (excludes halogenated alkanes) is 1. The van der Waals surface area contributed by atoms with Crippen LogP contribution >= 0.6 is 0 Å². The van der Waals surface area contributed by atoms with Crippen LogP contribution in [0, 0.1) is 0 Å². The van der Waals surface area contributed by atoms with Crippen LogP contribution < -0.4 is 5.32 Å². The summed E-state index contributed by atoms with van der Waals surface area (Å²) < 4.78 is 10.4. The number of esters is 1. The lowest BCUT2D eigenvalue weighted by atomic mass is 10.2. The maximum atomic E-state index is 12.3. The zero-order valence-electron chi connectivity index (χ0n) is 14.0. The molecule has 2 amide bonds. The molecule has 128 valence electrons. The Balaban J connectivity index is 2.00. The quantitative estimate of drug-likeness (QED) is 0.617. The van der Waals surface area contributed by atoms with Gasteiger partial charge in [0.05, 0.1) is 30.7 Å². The molecule has 0 saturated heterocycles. The van der Waals surface area contributed by atoms with Crippen molar-refractivity contribution in [1.82, 2.24) is 4.90 Å². The van der Waals surface area contributed by atoms with Crippen molar-refractivity contribution >= 4 is 17.7 Å². The van der Waals surface area contributed by atoms with Gasteiger partial charge in [0.1, 0.15) is 5.76 Å². The van der Waals surface area contributed by atoms with E-state index in [0.717, 1.165) is 12.8 Å². The van der Waals surface area contributed by atoms with Gasteiger partial charge in [-0.1, -0.05) is 25.5 Å². The van der Waals surface area contributed by atoms with E-state index in [1.54, 1.807) is 49.7 Å². The van der Waals surface area contributed by atoms with Crippen LogP contribution in [0.2, 0.25) is 0 Å². The highest BCUT2D eigenvalue weighted by molar-refractivity contribution is 6.00. The molecule has 0 aliphatic rings. The number of hydrogen-bond acceptors (Lipinski definition) is 4. The van der Waals surface area contributed by atoms with Gasteiger partial charge in [-0.05, 0) is 30.7 Å². The van der Waals surface area contributed by atoms with Gasteiger partial charge in [-0.2, -0.15) is 0 Å². The van der Waals surface area contributed by atoms with Gasteiger partial charge < -0.3 is 19.4 Å². The number of amides is 2. The van der Waals surface area contributed by atoms with Gasteiger partial charge in [0, 0.05) is 7.05 Å². The molecule has 1 heterocycles. The average Bonchev–Trinajstić information content (AvgIpc) is 3.08. The molecule has 0 unspecified atom stereocenters. The van der Waals surface area contributed by atoms with E-state index in [-0.39, 0.29) is 6.03 Å². The molecule has 6 nitrogen and oxygen atoms in total. The fourth-order valence-corrected chi connectivity index (χ4v) is 2.08. The van der Waals surface area contributed by atoms with Gasteiger partial charge in [0.25, 0.3) is 0 Å². The van der Waals surface area contributed by atoms with Crippen LogP contribution in [-0.2, 0) is 11.3 Å². The first-order valence-electron chi connectivity index (χ1n) is 7.92. The first-order valence-corrected chi connectivity index (χ1v) is 7.92. The van der Waals surface area contributed by atoms with E-state index in [1.807, 2.05) is 6.92 Å². The molecule has 0 fully saturated rings. The highest BCUT2D eigenvalue weighted by Crippen LogP contribution is 2.17. The summed E-state index contributed by atoms with van der Waals surface area (Å²) in [6, 6.07) is 10.0. The zero-order chi connectivity index (χ0) is 17.4. The summed E-state index contributed by atoms with van der Waals surface area (Å²) in [5.41, 5.74) is 0.767. The minimum atomic E-state index is -0.437. The van der Waals surface area contributed by atoms with Crippen LogP contribution in [0.4, 0.5) is 10.5 Å². The van der Waals surface area contributed by atoms with Crippen molar-refractivity contribution < 1.29 is 18.7 Å². The van der Waals surface area contributed by atoms with Crippen LogP contribution in [-0.4, -0.2) is 30.6 Å². The van der Waals surface area contributed by atoms with Crippen molar-refractivity contribution in [2.75, 3.05) is 19.0 Å². The fraction of sp³-hybridized carbons (Fsp3) is 0.333. The van der Waals surface area contributed by atoms with Crippen LogP contribution in [0.5, 0.6) is 0 Å². The molecular formula is C18H22N2O4. The Bertz CT molecular complexity index is 667. The third-order valence-electron chi connectivity index (χ3n) is 3.44. The van der Waals surface area contributed by atoms with Crippen molar-refractivity contribution in [3.05, 3.63) is 54.0 Å². The van der Waals surface area contributed by atoms with Gasteiger partial charge in [0.15, 0.2) is 0 Å². The van der Waals surface area contributed by atoms with Crippen LogP contribution in [0.15, 0.2) is 47.1 Å². The van der Waals surface area contributed by atoms with Crippen molar-refractivity contribution in [2.24, 2.45) is 0 Å². The molecule has 0 atom stereocenters. The Morgan fingerprint density at radius 2 is 2.00 bits per heavy atom. The molecular weight excluding hydrogens is 308 g/mol. The highest BCUT2D eigenvalue weighted by atomic mass is 16.5. The largest absolute Gasteiger partial charge is 0.467 e. The Labute approximate surface area is 141 Å². The minimum absolute atomic E-state index is 0.333. The van der Waals surface area contributed by atoms with Crippen LogP contribution in [0.1, 0.15) is 35.9 Å². The molecule has 0 saturated carbocycles. The minimum Gasteiger partial charge on any atom is -0.467 e. The second-order valence-electron chi connectivity index (χ2n) is 5.40. The molecule has 0 bridgehead atoms. The fourth-order valence-electron chi connectivity index (χ4n) is 2.08. The molecule has 1 N–H and O–H groups in total. The third kappa shape index (κ3) is 4.87. The number of ether oxygens (including phenoxy) is 1. The van der Waals surface area contributed by atoms with Gasteiger partial charge >= 0.3 is 12.0 Å². The van der Waals surface area contributed by atoms with E-state index in [1.165, 1.54) is 4.90 Å². The molecule has 1 aromatic heterocycles. The number of nitrogens with one attached hydrogen (secondary N) is 1. The second kappa shape index (κ2) is 8.76. The lowest BCUT2D eigenvalue weighted by Gasteiger charge is -2.18. The number of rotatable bonds is 7. The number of carbonyl (C=O) groups is 2. The molecule has 0 radical (unpaired) electrons. The zero-order valence-corrected chi connectivity index (χ0v) is 14.0. The van der Waals surface area contributed by atoms with E-state index >= 15 is 0 Å². The number of hydrogen-bond donors (Lipinski definition) is 1. The summed E-state index contributed by atoms with van der Waals surface area (Å²) in [7, 11) is 1.65. The normalized spacial score (nSPS) is 10.2. The first-order chi connectivity index (χ1) is 11.6. The van der Waals surface area contributed by atoms with Gasteiger partial charge in [-0.25, -0.2) is 9.59 Å². The standard InChI is InChI=1S/C18H22N2O4/c1-3-4-11-24-17(21)15-9-5-6-10-16(15)19-18(22)20(2)13-14-8-7-12-23-14/h5-10,12H,3-4,11,13H2,1-2H3,(H,19,22). The molecule has 0 aliphatic heterocycles. The maximum Gasteiger partial charge on any atom is 0.340 e. The predicted molar refractivity (Wildman–Crippen MR) is 90.8 cm³/mol. The summed E-state index contributed by atoms with van der Waals surface area (Å²) in [5.74, 6) is 0.243. The Morgan fingerprint density at radius 1 is 1.21 bits per heavy atom. The Kier molecular flexibility index (Phi) is 6.42. The third-order valence-corrected chi connectivity index (χ3v) is 3.44. The topological polar surface area (TPSA) is 71.8 Å². The van der Waals surface area contributed by atoms with Crippen molar-refractivity contribution in [2.45, 2.75) is 26.3 Å². The summed E-state index contributed by atoms with van der Waals surface area (Å²) in [6.45, 7) is 2.73.